The minimum Gasteiger partial charge on any atom is -0.332 e. The van der Waals surface area contributed by atoms with E-state index in [1.807, 2.05) is 0 Å². The topological polar surface area (TPSA) is 43.8 Å². The Balaban J connectivity index is 2.05. The Kier molecular flexibility index (Phi) is 3.42. The van der Waals surface area contributed by atoms with E-state index in [9.17, 15) is 0 Å². The molecule has 2 aliphatic rings. The molecule has 2 N–H and O–H groups in total. The summed E-state index contributed by atoms with van der Waals surface area (Å²) in [6.45, 7) is 6.34. The summed E-state index contributed by atoms with van der Waals surface area (Å²) in [6, 6.07) is 0. The fourth-order valence-corrected chi connectivity index (χ4v) is 3.71. The van der Waals surface area contributed by atoms with E-state index in [0.717, 1.165) is 0 Å². The zero-order valence-corrected chi connectivity index (χ0v) is 12.4. The molecule has 1 saturated carbocycles. The minimum absolute atomic E-state index is 0.0191. The van der Waals surface area contributed by atoms with Crippen molar-refractivity contribution < 1.29 is 0 Å². The van der Waals surface area contributed by atoms with Gasteiger partial charge in [-0.1, -0.05) is 26.7 Å². The number of nitrogens with two attached hydrogens (primary N) is 1. The zero-order valence-electron chi connectivity index (χ0n) is 12.4. The molecule has 19 heavy (non-hydrogen) atoms. The van der Waals surface area contributed by atoms with Gasteiger partial charge in [-0.05, 0) is 32.1 Å². The van der Waals surface area contributed by atoms with Crippen molar-refractivity contribution in [2.45, 2.75) is 76.7 Å². The molecule has 3 heteroatoms. The second kappa shape index (κ2) is 4.93. The highest BCUT2D eigenvalue weighted by atomic mass is 15.1. The van der Waals surface area contributed by atoms with Crippen LogP contribution >= 0.6 is 0 Å². The smallest absolute Gasteiger partial charge is 0.112 e. The second-order valence-corrected chi connectivity index (χ2v) is 6.94. The first-order valence-corrected chi connectivity index (χ1v) is 7.93. The van der Waals surface area contributed by atoms with Gasteiger partial charge < -0.3 is 10.3 Å². The van der Waals surface area contributed by atoms with Crippen molar-refractivity contribution in [1.82, 2.24) is 9.55 Å². The van der Waals surface area contributed by atoms with Gasteiger partial charge in [0.2, 0.25) is 0 Å². The van der Waals surface area contributed by atoms with Crippen molar-refractivity contribution in [3.63, 3.8) is 0 Å². The SMILES string of the molecule is CC(C)(CN)c1nc(C2CCCC2)n2c1CCCC2. The maximum absolute atomic E-state index is 5.98. The Morgan fingerprint density at radius 3 is 2.63 bits per heavy atom. The molecular formula is C16H27N3. The van der Waals surface area contributed by atoms with Crippen molar-refractivity contribution in [3.8, 4) is 0 Å². The van der Waals surface area contributed by atoms with Crippen LogP contribution in [0.4, 0.5) is 0 Å². The number of imidazole rings is 1. The number of hydrogen-bond donors (Lipinski definition) is 1. The van der Waals surface area contributed by atoms with Gasteiger partial charge in [-0.15, -0.1) is 0 Å². The van der Waals surface area contributed by atoms with E-state index in [2.05, 4.69) is 18.4 Å². The monoisotopic (exact) mass is 261 g/mol. The van der Waals surface area contributed by atoms with Gasteiger partial charge in [-0.2, -0.15) is 0 Å². The molecule has 3 nitrogen and oxygen atoms in total. The molecule has 0 aromatic carbocycles. The fourth-order valence-electron chi connectivity index (χ4n) is 3.71. The van der Waals surface area contributed by atoms with E-state index in [1.165, 1.54) is 68.7 Å². The van der Waals surface area contributed by atoms with E-state index in [0.29, 0.717) is 12.5 Å². The van der Waals surface area contributed by atoms with Gasteiger partial charge in [0.05, 0.1) is 5.69 Å². The lowest BCUT2D eigenvalue weighted by Crippen LogP contribution is -2.30. The molecule has 1 aliphatic heterocycles. The predicted molar refractivity (Wildman–Crippen MR) is 78.5 cm³/mol. The summed E-state index contributed by atoms with van der Waals surface area (Å²) < 4.78 is 2.55. The molecule has 3 rings (SSSR count). The van der Waals surface area contributed by atoms with Crippen LogP contribution in [0.5, 0.6) is 0 Å². The Morgan fingerprint density at radius 1 is 1.21 bits per heavy atom. The third-order valence-corrected chi connectivity index (χ3v) is 5.02. The summed E-state index contributed by atoms with van der Waals surface area (Å²) >= 11 is 0. The number of fused-ring (bicyclic) bond motifs is 1. The van der Waals surface area contributed by atoms with Crippen LogP contribution in [0, 0.1) is 0 Å². The van der Waals surface area contributed by atoms with Crippen LogP contribution < -0.4 is 5.73 Å². The van der Waals surface area contributed by atoms with E-state index >= 15 is 0 Å². The number of rotatable bonds is 3. The van der Waals surface area contributed by atoms with Crippen molar-refractivity contribution >= 4 is 0 Å². The van der Waals surface area contributed by atoms with Gasteiger partial charge in [0.15, 0.2) is 0 Å². The van der Waals surface area contributed by atoms with E-state index in [1.54, 1.807) is 0 Å². The van der Waals surface area contributed by atoms with Crippen LogP contribution in [-0.2, 0) is 18.4 Å². The summed E-state index contributed by atoms with van der Waals surface area (Å²) in [7, 11) is 0. The Bertz CT molecular complexity index is 453. The van der Waals surface area contributed by atoms with Gasteiger partial charge in [-0.25, -0.2) is 4.98 Å². The highest BCUT2D eigenvalue weighted by Gasteiger charge is 2.32. The molecule has 0 unspecified atom stereocenters. The van der Waals surface area contributed by atoms with Crippen LogP contribution in [0.15, 0.2) is 0 Å². The van der Waals surface area contributed by atoms with Gasteiger partial charge in [0.25, 0.3) is 0 Å². The summed E-state index contributed by atoms with van der Waals surface area (Å²) in [6.07, 6.45) is 9.23. The molecule has 2 heterocycles. The lowest BCUT2D eigenvalue weighted by molar-refractivity contribution is 0.479. The number of hydrogen-bond acceptors (Lipinski definition) is 2. The van der Waals surface area contributed by atoms with Crippen LogP contribution in [0.1, 0.15) is 75.5 Å². The van der Waals surface area contributed by atoms with Crippen LogP contribution in [-0.4, -0.2) is 16.1 Å². The summed E-state index contributed by atoms with van der Waals surface area (Å²) in [4.78, 5) is 5.10. The molecule has 0 bridgehead atoms. The van der Waals surface area contributed by atoms with Gasteiger partial charge in [-0.3, -0.25) is 0 Å². The first-order valence-electron chi connectivity index (χ1n) is 7.93. The van der Waals surface area contributed by atoms with E-state index in [-0.39, 0.29) is 5.41 Å². The fraction of sp³-hybridized carbons (Fsp3) is 0.812. The van der Waals surface area contributed by atoms with Gasteiger partial charge >= 0.3 is 0 Å². The van der Waals surface area contributed by atoms with Crippen LogP contribution in [0.2, 0.25) is 0 Å². The highest BCUT2D eigenvalue weighted by Crippen LogP contribution is 2.38. The average Bonchev–Trinajstić information content (AvgIpc) is 3.05. The molecular weight excluding hydrogens is 234 g/mol. The maximum atomic E-state index is 5.98. The second-order valence-electron chi connectivity index (χ2n) is 6.94. The van der Waals surface area contributed by atoms with Crippen LogP contribution in [0.25, 0.3) is 0 Å². The molecule has 0 saturated heterocycles. The molecule has 1 aliphatic carbocycles. The Labute approximate surface area is 116 Å². The first-order chi connectivity index (χ1) is 9.13. The third kappa shape index (κ3) is 2.22. The Hall–Kier alpha value is -0.830. The lowest BCUT2D eigenvalue weighted by Gasteiger charge is -2.24. The standard InChI is InChI=1S/C16H27N3/c1-16(2,11-17)14-13-9-5-6-10-19(13)15(18-14)12-7-3-4-8-12/h12H,3-11,17H2,1-2H3. The Morgan fingerprint density at radius 2 is 1.95 bits per heavy atom. The molecule has 1 fully saturated rings. The molecule has 0 atom stereocenters. The third-order valence-electron chi connectivity index (χ3n) is 5.02. The van der Waals surface area contributed by atoms with Crippen molar-refractivity contribution in [2.24, 2.45) is 5.73 Å². The molecule has 1 aromatic rings. The normalized spacial score (nSPS) is 20.8. The molecule has 0 amide bonds. The molecule has 0 radical (unpaired) electrons. The van der Waals surface area contributed by atoms with E-state index < -0.39 is 0 Å². The van der Waals surface area contributed by atoms with Gasteiger partial charge in [0, 0.05) is 30.1 Å². The maximum Gasteiger partial charge on any atom is 0.112 e. The molecule has 0 spiro atoms. The minimum atomic E-state index is 0.0191. The van der Waals surface area contributed by atoms with Crippen molar-refractivity contribution in [2.75, 3.05) is 6.54 Å². The van der Waals surface area contributed by atoms with Crippen molar-refractivity contribution in [3.05, 3.63) is 17.2 Å². The average molecular weight is 261 g/mol. The number of aromatic nitrogens is 2. The first kappa shape index (κ1) is 13.2. The van der Waals surface area contributed by atoms with Gasteiger partial charge in [0.1, 0.15) is 5.82 Å². The molecule has 1 aromatic heterocycles. The summed E-state index contributed by atoms with van der Waals surface area (Å²) in [5, 5.41) is 0. The zero-order chi connectivity index (χ0) is 13.5. The molecule has 106 valence electrons. The quantitative estimate of drug-likeness (QED) is 0.908. The summed E-state index contributed by atoms with van der Waals surface area (Å²) in [5.74, 6) is 2.09. The largest absolute Gasteiger partial charge is 0.332 e. The highest BCUT2D eigenvalue weighted by molar-refractivity contribution is 5.28. The van der Waals surface area contributed by atoms with Crippen molar-refractivity contribution in [1.29, 1.82) is 0 Å². The lowest BCUT2D eigenvalue weighted by atomic mass is 9.86. The summed E-state index contributed by atoms with van der Waals surface area (Å²) in [5.41, 5.74) is 8.78. The predicted octanol–water partition coefficient (Wildman–Crippen LogP) is 3.11. The number of nitrogens with zero attached hydrogens (tertiary/aromatic N) is 2. The van der Waals surface area contributed by atoms with Crippen LogP contribution in [0.3, 0.4) is 0 Å². The van der Waals surface area contributed by atoms with E-state index in [4.69, 9.17) is 10.7 Å².